The molecule has 0 bridgehead atoms. The summed E-state index contributed by atoms with van der Waals surface area (Å²) in [5, 5.41) is 5.42. The Morgan fingerprint density at radius 2 is 1.28 bits per heavy atom. The van der Waals surface area contributed by atoms with Crippen LogP contribution in [0.5, 0.6) is 0 Å². The summed E-state index contributed by atoms with van der Waals surface area (Å²) in [7, 11) is 0. The summed E-state index contributed by atoms with van der Waals surface area (Å²) >= 11 is 0. The number of hydrogen-bond acceptors (Lipinski definition) is 0. The predicted octanol–water partition coefficient (Wildman–Crippen LogP) is 9.33. The lowest BCUT2D eigenvalue weighted by Crippen LogP contribution is -2.14. The van der Waals surface area contributed by atoms with Crippen molar-refractivity contribution in [2.45, 2.75) is 5.92 Å². The number of hydrogen-bond donors (Lipinski definition) is 0. The quantitative estimate of drug-likeness (QED) is 0.232. The van der Waals surface area contributed by atoms with Crippen LogP contribution in [0.2, 0.25) is 0 Å². The Hall–Kier alpha value is -4.42. The third kappa shape index (κ3) is 2.25. The van der Waals surface area contributed by atoms with Crippen LogP contribution in [0.3, 0.4) is 0 Å². The number of rotatable bonds is 1. The summed E-state index contributed by atoms with van der Waals surface area (Å²) in [5.41, 5.74) is 14.0. The van der Waals surface area contributed by atoms with Gasteiger partial charge in [0.1, 0.15) is 0 Å². The van der Waals surface area contributed by atoms with Gasteiger partial charge in [0.25, 0.3) is 0 Å². The van der Waals surface area contributed by atoms with Crippen LogP contribution in [0.15, 0.2) is 127 Å². The van der Waals surface area contributed by atoms with Gasteiger partial charge in [-0.3, -0.25) is 0 Å². The van der Waals surface area contributed by atoms with Crippen molar-refractivity contribution in [3.63, 3.8) is 0 Å². The Bertz CT molecular complexity index is 1910. The van der Waals surface area contributed by atoms with Crippen molar-refractivity contribution in [1.29, 1.82) is 0 Å². The van der Waals surface area contributed by atoms with Gasteiger partial charge in [0.05, 0.1) is 0 Å². The van der Waals surface area contributed by atoms with E-state index in [1.165, 1.54) is 77.2 Å². The molecule has 0 nitrogen and oxygen atoms in total. The van der Waals surface area contributed by atoms with E-state index in [-0.39, 0.29) is 0 Å². The predicted molar refractivity (Wildman–Crippen MR) is 152 cm³/mol. The van der Waals surface area contributed by atoms with Gasteiger partial charge in [-0.2, -0.15) is 0 Å². The average molecular weight is 455 g/mol. The maximum Gasteiger partial charge on any atom is 0.0205 e. The molecule has 166 valence electrons. The van der Waals surface area contributed by atoms with Crippen molar-refractivity contribution in [2.75, 3.05) is 0 Å². The van der Waals surface area contributed by atoms with E-state index in [0.717, 1.165) is 0 Å². The van der Waals surface area contributed by atoms with E-state index < -0.39 is 0 Å². The molecule has 0 aliphatic heterocycles. The van der Waals surface area contributed by atoms with Gasteiger partial charge in [-0.05, 0) is 89.3 Å². The molecular weight excluding hydrogens is 432 g/mol. The van der Waals surface area contributed by atoms with Crippen LogP contribution >= 0.6 is 0 Å². The number of benzene rings is 5. The lowest BCUT2D eigenvalue weighted by Gasteiger charge is -2.29. The molecule has 2 unspecified atom stereocenters. The minimum Gasteiger partial charge on any atom is -0.0754 e. The molecule has 0 spiro atoms. The van der Waals surface area contributed by atoms with E-state index in [9.17, 15) is 0 Å². The topological polar surface area (TPSA) is 0 Å². The van der Waals surface area contributed by atoms with E-state index in [4.69, 9.17) is 0 Å². The molecule has 0 radical (unpaired) electrons. The second kappa shape index (κ2) is 6.62. The first kappa shape index (κ1) is 18.9. The molecule has 5 aromatic rings. The summed E-state index contributed by atoms with van der Waals surface area (Å²) in [6.07, 6.45) is 11.8. The highest BCUT2D eigenvalue weighted by molar-refractivity contribution is 6.18. The molecule has 2 atom stereocenters. The molecule has 0 aromatic heterocycles. The minimum absolute atomic E-state index is 0.391. The normalized spacial score (nSPS) is 20.1. The lowest BCUT2D eigenvalue weighted by atomic mass is 9.74. The van der Waals surface area contributed by atoms with E-state index in [0.29, 0.717) is 11.8 Å². The van der Waals surface area contributed by atoms with Crippen LogP contribution in [0, 0.1) is 5.92 Å². The first-order valence-electron chi connectivity index (χ1n) is 12.9. The van der Waals surface area contributed by atoms with Gasteiger partial charge in [-0.25, -0.2) is 0 Å². The fourth-order valence-electron chi connectivity index (χ4n) is 7.29. The van der Waals surface area contributed by atoms with Crippen molar-refractivity contribution < 1.29 is 0 Å². The number of allylic oxidation sites excluding steroid dienone is 8. The van der Waals surface area contributed by atoms with Crippen LogP contribution in [0.4, 0.5) is 0 Å². The van der Waals surface area contributed by atoms with Crippen LogP contribution in [-0.4, -0.2) is 0 Å². The van der Waals surface area contributed by atoms with Crippen LogP contribution in [-0.2, 0) is 0 Å². The molecule has 0 amide bonds. The molecule has 0 saturated carbocycles. The molecule has 5 aromatic carbocycles. The lowest BCUT2D eigenvalue weighted by molar-refractivity contribution is 0.725. The van der Waals surface area contributed by atoms with Gasteiger partial charge in [-0.1, -0.05) is 109 Å². The van der Waals surface area contributed by atoms with Crippen LogP contribution < -0.4 is 0 Å². The van der Waals surface area contributed by atoms with E-state index in [1.807, 2.05) is 0 Å². The Kier molecular flexibility index (Phi) is 3.47. The van der Waals surface area contributed by atoms with Gasteiger partial charge in [0, 0.05) is 11.8 Å². The minimum atomic E-state index is 0.391. The highest BCUT2D eigenvalue weighted by Gasteiger charge is 2.40. The SMILES string of the molecule is C1=CC2=C(c3ccc4c5c(cccc35)-c3ccccc3-4)C=CC3c4cc5ccccc5cc4C(=C1)C23. The van der Waals surface area contributed by atoms with Crippen molar-refractivity contribution in [2.24, 2.45) is 5.92 Å². The average Bonchev–Trinajstić information content (AvgIpc) is 3.43. The Labute approximate surface area is 210 Å². The largest absolute Gasteiger partial charge is 0.0754 e. The maximum atomic E-state index is 2.47. The highest BCUT2D eigenvalue weighted by Crippen LogP contribution is 2.57. The van der Waals surface area contributed by atoms with Crippen molar-refractivity contribution in [1.82, 2.24) is 0 Å². The third-order valence-corrected chi connectivity index (χ3v) is 8.79. The van der Waals surface area contributed by atoms with E-state index in [2.05, 4.69) is 121 Å². The van der Waals surface area contributed by atoms with Crippen molar-refractivity contribution in [3.8, 4) is 22.3 Å². The monoisotopic (exact) mass is 454 g/mol. The van der Waals surface area contributed by atoms with Crippen LogP contribution in [0.25, 0.3) is 54.9 Å². The molecule has 0 fully saturated rings. The van der Waals surface area contributed by atoms with Gasteiger partial charge in [0.2, 0.25) is 0 Å². The fourth-order valence-corrected chi connectivity index (χ4v) is 7.29. The summed E-state index contributed by atoms with van der Waals surface area (Å²) in [6, 6.07) is 34.0. The Morgan fingerprint density at radius 3 is 2.14 bits per heavy atom. The smallest absolute Gasteiger partial charge is 0.0205 e. The van der Waals surface area contributed by atoms with E-state index in [1.54, 1.807) is 0 Å². The molecule has 0 heteroatoms. The Morgan fingerprint density at radius 1 is 0.556 bits per heavy atom. The van der Waals surface area contributed by atoms with Gasteiger partial charge >= 0.3 is 0 Å². The fraction of sp³-hybridized carbons (Fsp3) is 0.0556. The van der Waals surface area contributed by atoms with Crippen molar-refractivity contribution >= 4 is 32.7 Å². The molecule has 9 rings (SSSR count). The standard InChI is InChI=1S/C36H22/c1-2-8-22-20-34-32-18-16-26(29-13-6-14-30(36(29)32)33(34)19-21(22)7-1)25-15-17-31-24-10-4-3-9-23(24)27-11-5-12-28(25)35(27)31/h1-20,32,36H. The molecule has 0 heterocycles. The van der Waals surface area contributed by atoms with E-state index >= 15 is 0 Å². The second-order valence-electron chi connectivity index (χ2n) is 10.4. The molecule has 0 saturated heterocycles. The molecule has 4 aliphatic carbocycles. The Balaban J connectivity index is 1.27. The summed E-state index contributed by atoms with van der Waals surface area (Å²) < 4.78 is 0. The molecular formula is C36H22. The maximum absolute atomic E-state index is 2.47. The summed E-state index contributed by atoms with van der Waals surface area (Å²) in [4.78, 5) is 0. The molecule has 36 heavy (non-hydrogen) atoms. The van der Waals surface area contributed by atoms with Gasteiger partial charge in [-0.15, -0.1) is 0 Å². The zero-order valence-electron chi connectivity index (χ0n) is 19.7. The zero-order valence-corrected chi connectivity index (χ0v) is 19.7. The van der Waals surface area contributed by atoms with Crippen molar-refractivity contribution in [3.05, 3.63) is 144 Å². The van der Waals surface area contributed by atoms with Gasteiger partial charge < -0.3 is 0 Å². The second-order valence-corrected chi connectivity index (χ2v) is 10.4. The third-order valence-electron chi connectivity index (χ3n) is 8.79. The number of fused-ring (bicyclic) bond motifs is 7. The van der Waals surface area contributed by atoms with Gasteiger partial charge in [0.15, 0.2) is 0 Å². The molecule has 4 aliphatic rings. The first-order chi connectivity index (χ1) is 17.9. The zero-order chi connectivity index (χ0) is 23.4. The molecule has 0 N–H and O–H groups in total. The first-order valence-corrected chi connectivity index (χ1v) is 12.9. The summed E-state index contributed by atoms with van der Waals surface area (Å²) in [5.74, 6) is 0.794. The van der Waals surface area contributed by atoms with Crippen LogP contribution in [0.1, 0.15) is 22.6 Å². The highest BCUT2D eigenvalue weighted by atomic mass is 14.4. The summed E-state index contributed by atoms with van der Waals surface area (Å²) in [6.45, 7) is 0.